The summed E-state index contributed by atoms with van der Waals surface area (Å²) < 4.78 is -0.302. The van der Waals surface area contributed by atoms with E-state index >= 15 is 0 Å². The molecule has 3 rings (SSSR count). The number of nitrogens with zero attached hydrogens (tertiary/aromatic N) is 2. The molecule has 0 N–H and O–H groups in total. The summed E-state index contributed by atoms with van der Waals surface area (Å²) in [6, 6.07) is 8.08. The molecule has 28 heavy (non-hydrogen) atoms. The van der Waals surface area contributed by atoms with Crippen LogP contribution in [0.3, 0.4) is 0 Å². The van der Waals surface area contributed by atoms with Crippen molar-refractivity contribution in [2.75, 3.05) is 0 Å². The molecule has 2 fully saturated rings. The Labute approximate surface area is 184 Å². The molecule has 4 atom stereocenters. The molecule has 0 heterocycles. The molecule has 0 saturated heterocycles. The van der Waals surface area contributed by atoms with Crippen LogP contribution < -0.4 is 0 Å². The smallest absolute Gasteiger partial charge is 0.271 e. The van der Waals surface area contributed by atoms with Crippen LogP contribution in [0.4, 0.5) is 0 Å². The van der Waals surface area contributed by atoms with Crippen molar-refractivity contribution in [1.82, 2.24) is 0 Å². The highest BCUT2D eigenvalue weighted by atomic mass is 35.5. The van der Waals surface area contributed by atoms with Gasteiger partial charge in [0.15, 0.2) is 5.04 Å². The topological polar surface area (TPSA) is 55.5 Å². The van der Waals surface area contributed by atoms with Crippen LogP contribution in [0.25, 0.3) is 0 Å². The van der Waals surface area contributed by atoms with Gasteiger partial charge in [0.25, 0.3) is 6.04 Å². The van der Waals surface area contributed by atoms with E-state index in [1.54, 1.807) is 0 Å². The number of thioether (sulfide) groups is 1. The maximum Gasteiger partial charge on any atom is 0.298 e. The lowest BCUT2D eigenvalue weighted by Crippen LogP contribution is -2.37. The van der Waals surface area contributed by atoms with Crippen molar-refractivity contribution in [3.8, 4) is 0 Å². The highest BCUT2D eigenvalue weighted by molar-refractivity contribution is 8.14. The third-order valence-corrected chi connectivity index (χ3v) is 8.90. The fourth-order valence-corrected chi connectivity index (χ4v) is 6.15. The van der Waals surface area contributed by atoms with Crippen LogP contribution in [0.5, 0.6) is 0 Å². The second-order valence-corrected chi connectivity index (χ2v) is 10.8. The largest absolute Gasteiger partial charge is 0.298 e. The van der Waals surface area contributed by atoms with E-state index in [2.05, 4.69) is 20.8 Å². The minimum absolute atomic E-state index is 0.00224. The lowest BCUT2D eigenvalue weighted by molar-refractivity contribution is -0.490. The second-order valence-electron chi connectivity index (χ2n) is 8.30. The van der Waals surface area contributed by atoms with Gasteiger partial charge in [0.1, 0.15) is 9.52 Å². The molecule has 2 bridgehead atoms. The van der Waals surface area contributed by atoms with E-state index in [9.17, 15) is 10.1 Å². The zero-order chi connectivity index (χ0) is 20.7. The molecular formula is C20H23Cl3N2O2S. The van der Waals surface area contributed by atoms with Crippen molar-refractivity contribution in [2.45, 2.75) is 57.0 Å². The predicted molar refractivity (Wildman–Crippen MR) is 118 cm³/mol. The molecular weight excluding hydrogens is 439 g/mol. The standard InChI is InChI=1S/C20H23Cl3N2O2S/c1-19(2)12-9-10-20(19,3)14(11-12)24-18(28-13-7-5-4-6-8-13)16(25(26)27)15(21)17(22)23/h4-8,12,14,16H,9-11H2,1-3H3/t12-,14+,16?,20-/m1/s1. The van der Waals surface area contributed by atoms with E-state index < -0.39 is 11.0 Å². The Bertz CT molecular complexity index is 824. The summed E-state index contributed by atoms with van der Waals surface area (Å²) in [7, 11) is 0. The first-order valence-corrected chi connectivity index (χ1v) is 11.2. The van der Waals surface area contributed by atoms with Crippen molar-refractivity contribution in [2.24, 2.45) is 21.7 Å². The maximum atomic E-state index is 11.9. The Hall–Kier alpha value is -0.750. The molecule has 8 heteroatoms. The zero-order valence-electron chi connectivity index (χ0n) is 16.0. The summed E-state index contributed by atoms with van der Waals surface area (Å²) in [5.41, 5.74) is 0.153. The average molecular weight is 462 g/mol. The molecule has 2 aliphatic rings. The van der Waals surface area contributed by atoms with Gasteiger partial charge in [-0.1, -0.05) is 85.5 Å². The number of fused-ring (bicyclic) bond motifs is 2. The van der Waals surface area contributed by atoms with Crippen LogP contribution in [0.1, 0.15) is 40.0 Å². The van der Waals surface area contributed by atoms with Crippen LogP contribution in [0.2, 0.25) is 0 Å². The van der Waals surface area contributed by atoms with Crippen molar-refractivity contribution < 1.29 is 4.92 Å². The van der Waals surface area contributed by atoms with E-state index in [0.717, 1.165) is 17.7 Å². The van der Waals surface area contributed by atoms with Gasteiger partial charge in [-0.05, 0) is 48.1 Å². The summed E-state index contributed by atoms with van der Waals surface area (Å²) in [6.07, 6.45) is 3.19. The lowest BCUT2D eigenvalue weighted by atomic mass is 9.69. The molecule has 2 saturated carbocycles. The number of rotatable bonds is 5. The van der Waals surface area contributed by atoms with Gasteiger partial charge in [0.05, 0.1) is 6.04 Å². The quantitative estimate of drug-likeness (QED) is 0.157. The Kier molecular flexibility index (Phi) is 6.41. The first kappa shape index (κ1) is 21.9. The van der Waals surface area contributed by atoms with E-state index in [-0.39, 0.29) is 26.4 Å². The van der Waals surface area contributed by atoms with Crippen molar-refractivity contribution in [3.05, 3.63) is 50.0 Å². The van der Waals surface area contributed by atoms with E-state index in [4.69, 9.17) is 39.8 Å². The predicted octanol–water partition coefficient (Wildman–Crippen LogP) is 6.92. The van der Waals surface area contributed by atoms with E-state index in [0.29, 0.717) is 11.0 Å². The normalized spacial score (nSPS) is 29.6. The van der Waals surface area contributed by atoms with Gasteiger partial charge in [-0.2, -0.15) is 0 Å². The molecule has 0 aliphatic heterocycles. The van der Waals surface area contributed by atoms with Crippen LogP contribution in [-0.2, 0) is 0 Å². The summed E-state index contributed by atoms with van der Waals surface area (Å²) in [6.45, 7) is 6.83. The first-order chi connectivity index (χ1) is 13.1. The van der Waals surface area contributed by atoms with Crippen LogP contribution in [0.15, 0.2) is 49.7 Å². The molecule has 2 aliphatic carbocycles. The molecule has 1 unspecified atom stereocenters. The number of nitro groups is 1. The first-order valence-electron chi connectivity index (χ1n) is 9.22. The van der Waals surface area contributed by atoms with Gasteiger partial charge >= 0.3 is 0 Å². The number of hydrogen-bond donors (Lipinski definition) is 0. The van der Waals surface area contributed by atoms with E-state index in [1.165, 1.54) is 18.2 Å². The van der Waals surface area contributed by atoms with Crippen molar-refractivity contribution in [3.63, 3.8) is 0 Å². The molecule has 0 spiro atoms. The molecule has 152 valence electrons. The third kappa shape index (κ3) is 3.83. The molecule has 0 radical (unpaired) electrons. The highest BCUT2D eigenvalue weighted by Gasteiger charge is 2.61. The second kappa shape index (κ2) is 8.17. The highest BCUT2D eigenvalue weighted by Crippen LogP contribution is 2.66. The summed E-state index contributed by atoms with van der Waals surface area (Å²) in [5.74, 6) is 0.575. The SMILES string of the molecule is CC1(C)[C@@H]2CC[C@]1(C)[C@@H](N=C(Sc1ccccc1)C(C(Cl)=C(Cl)Cl)[N+](=O)[O-])C2. The number of aliphatic imine (C=N–C) groups is 1. The number of benzene rings is 1. The number of halogens is 3. The minimum Gasteiger partial charge on any atom is -0.271 e. The van der Waals surface area contributed by atoms with Crippen LogP contribution in [0, 0.1) is 26.9 Å². The minimum atomic E-state index is -1.37. The molecule has 4 nitrogen and oxygen atoms in total. The summed E-state index contributed by atoms with van der Waals surface area (Å²) in [4.78, 5) is 17.2. The van der Waals surface area contributed by atoms with Gasteiger partial charge in [0.2, 0.25) is 0 Å². The van der Waals surface area contributed by atoms with Gasteiger partial charge < -0.3 is 0 Å². The Morgan fingerprint density at radius 1 is 1.25 bits per heavy atom. The fraction of sp³-hybridized carbons (Fsp3) is 0.550. The third-order valence-electron chi connectivity index (χ3n) is 6.86. The summed E-state index contributed by atoms with van der Waals surface area (Å²) in [5, 5.41) is 12.0. The average Bonchev–Trinajstić information content (AvgIpc) is 2.95. The molecule has 1 aromatic rings. The monoisotopic (exact) mass is 460 g/mol. The van der Waals surface area contributed by atoms with Gasteiger partial charge in [-0.15, -0.1) is 0 Å². The Balaban J connectivity index is 2.05. The van der Waals surface area contributed by atoms with Crippen LogP contribution >= 0.6 is 46.6 Å². The van der Waals surface area contributed by atoms with Crippen LogP contribution in [-0.4, -0.2) is 22.1 Å². The van der Waals surface area contributed by atoms with E-state index in [1.807, 2.05) is 30.3 Å². The van der Waals surface area contributed by atoms with Gasteiger partial charge in [-0.25, -0.2) is 0 Å². The zero-order valence-corrected chi connectivity index (χ0v) is 19.1. The lowest BCUT2D eigenvalue weighted by Gasteiger charge is -2.37. The molecule has 0 amide bonds. The number of hydrogen-bond acceptors (Lipinski definition) is 4. The van der Waals surface area contributed by atoms with Gasteiger partial charge in [-0.3, -0.25) is 15.1 Å². The van der Waals surface area contributed by atoms with Gasteiger partial charge in [0, 0.05) is 9.82 Å². The Morgan fingerprint density at radius 2 is 1.89 bits per heavy atom. The Morgan fingerprint density at radius 3 is 2.36 bits per heavy atom. The molecule has 1 aromatic carbocycles. The van der Waals surface area contributed by atoms with Crippen molar-refractivity contribution in [1.29, 1.82) is 0 Å². The summed E-state index contributed by atoms with van der Waals surface area (Å²) >= 11 is 19.1. The fourth-order valence-electron chi connectivity index (χ4n) is 4.67. The van der Waals surface area contributed by atoms with Crippen molar-refractivity contribution >= 4 is 51.6 Å². The maximum absolute atomic E-state index is 11.9. The molecule has 0 aromatic heterocycles.